The molecule has 162 valence electrons. The molecular formula is C22H25F3N2O2S. The molecular weight excluding hydrogens is 413 g/mol. The number of alkyl halides is 3. The molecule has 2 aromatic rings. The predicted octanol–water partition coefficient (Wildman–Crippen LogP) is 5.40. The lowest BCUT2D eigenvalue weighted by atomic mass is 9.87. The van der Waals surface area contributed by atoms with Crippen molar-refractivity contribution in [3.8, 4) is 0 Å². The van der Waals surface area contributed by atoms with Gasteiger partial charge in [0.15, 0.2) is 0 Å². The Labute approximate surface area is 178 Å². The molecule has 2 rings (SSSR count). The van der Waals surface area contributed by atoms with Crippen LogP contribution in [0.15, 0.2) is 53.4 Å². The molecule has 0 aliphatic heterocycles. The van der Waals surface area contributed by atoms with Crippen LogP contribution in [0.25, 0.3) is 0 Å². The lowest BCUT2D eigenvalue weighted by molar-refractivity contribution is -0.116. The van der Waals surface area contributed by atoms with Crippen LogP contribution < -0.4 is 10.6 Å². The Hall–Kier alpha value is -2.48. The fraction of sp³-hybridized carbons (Fsp3) is 0.364. The van der Waals surface area contributed by atoms with Crippen LogP contribution in [-0.4, -0.2) is 30.3 Å². The first-order valence-electron chi connectivity index (χ1n) is 9.43. The fourth-order valence-corrected chi connectivity index (χ4v) is 3.35. The maximum Gasteiger partial charge on any atom is 0.398 e. The first-order chi connectivity index (χ1) is 14.0. The van der Waals surface area contributed by atoms with Crippen molar-refractivity contribution < 1.29 is 22.8 Å². The molecule has 0 aliphatic carbocycles. The SMILES string of the molecule is CC(C)(C)c1ccc(C(=O)NCCC(=O)Nc2ccccc2SCC(F)(F)F)cc1. The van der Waals surface area contributed by atoms with Gasteiger partial charge in [-0.05, 0) is 35.2 Å². The highest BCUT2D eigenvalue weighted by Gasteiger charge is 2.27. The molecule has 0 atom stereocenters. The molecule has 2 N–H and O–H groups in total. The van der Waals surface area contributed by atoms with Gasteiger partial charge in [0.2, 0.25) is 5.91 Å². The third-order valence-corrected chi connectivity index (χ3v) is 5.34. The summed E-state index contributed by atoms with van der Waals surface area (Å²) in [5, 5.41) is 5.29. The van der Waals surface area contributed by atoms with E-state index in [1.54, 1.807) is 30.3 Å². The molecule has 8 heteroatoms. The highest BCUT2D eigenvalue weighted by molar-refractivity contribution is 7.99. The van der Waals surface area contributed by atoms with Gasteiger partial charge < -0.3 is 10.6 Å². The molecule has 0 unspecified atom stereocenters. The van der Waals surface area contributed by atoms with Crippen LogP contribution in [0, 0.1) is 0 Å². The summed E-state index contributed by atoms with van der Waals surface area (Å²) in [5.41, 5.74) is 1.92. The third kappa shape index (κ3) is 7.74. The second kappa shape index (κ2) is 10.0. The van der Waals surface area contributed by atoms with E-state index in [1.165, 1.54) is 6.07 Å². The van der Waals surface area contributed by atoms with Crippen molar-refractivity contribution in [2.45, 2.75) is 43.7 Å². The quantitative estimate of drug-likeness (QED) is 0.570. The first-order valence-corrected chi connectivity index (χ1v) is 10.4. The Balaban J connectivity index is 1.85. The molecule has 0 spiro atoms. The molecule has 0 saturated heterocycles. The molecule has 0 aromatic heterocycles. The molecule has 0 fully saturated rings. The van der Waals surface area contributed by atoms with E-state index < -0.39 is 17.8 Å². The molecule has 0 radical (unpaired) electrons. The number of anilines is 1. The van der Waals surface area contributed by atoms with Crippen molar-refractivity contribution in [3.05, 3.63) is 59.7 Å². The van der Waals surface area contributed by atoms with E-state index in [4.69, 9.17) is 0 Å². The van der Waals surface area contributed by atoms with Crippen LogP contribution in [0.5, 0.6) is 0 Å². The summed E-state index contributed by atoms with van der Waals surface area (Å²) >= 11 is 0.615. The predicted molar refractivity (Wildman–Crippen MR) is 114 cm³/mol. The monoisotopic (exact) mass is 438 g/mol. The second-order valence-corrected chi connectivity index (χ2v) is 8.80. The lowest BCUT2D eigenvalue weighted by Crippen LogP contribution is -2.27. The molecule has 0 saturated carbocycles. The summed E-state index contributed by atoms with van der Waals surface area (Å²) in [5.74, 6) is -1.72. The average Bonchev–Trinajstić information content (AvgIpc) is 2.66. The van der Waals surface area contributed by atoms with E-state index in [-0.39, 0.29) is 24.3 Å². The van der Waals surface area contributed by atoms with Gasteiger partial charge in [0.25, 0.3) is 5.91 Å². The van der Waals surface area contributed by atoms with Gasteiger partial charge in [-0.15, -0.1) is 11.8 Å². The molecule has 0 aliphatic rings. The van der Waals surface area contributed by atoms with E-state index >= 15 is 0 Å². The van der Waals surface area contributed by atoms with Crippen LogP contribution in [-0.2, 0) is 10.2 Å². The van der Waals surface area contributed by atoms with E-state index in [2.05, 4.69) is 31.4 Å². The Morgan fingerprint density at radius 3 is 2.20 bits per heavy atom. The van der Waals surface area contributed by atoms with Crippen molar-refractivity contribution in [2.24, 2.45) is 0 Å². The third-order valence-electron chi connectivity index (χ3n) is 4.20. The van der Waals surface area contributed by atoms with E-state index in [1.807, 2.05) is 12.1 Å². The van der Waals surface area contributed by atoms with Crippen LogP contribution >= 0.6 is 11.8 Å². The van der Waals surface area contributed by atoms with Gasteiger partial charge in [-0.2, -0.15) is 13.2 Å². The van der Waals surface area contributed by atoms with Gasteiger partial charge in [-0.1, -0.05) is 45.0 Å². The molecule has 2 amide bonds. The number of amides is 2. The van der Waals surface area contributed by atoms with Gasteiger partial charge in [0.05, 0.1) is 11.4 Å². The second-order valence-electron chi connectivity index (χ2n) is 7.78. The number of hydrogen-bond acceptors (Lipinski definition) is 3. The normalized spacial score (nSPS) is 11.8. The van der Waals surface area contributed by atoms with Crippen molar-refractivity contribution in [1.82, 2.24) is 5.32 Å². The number of rotatable bonds is 7. The Bertz CT molecular complexity index is 875. The van der Waals surface area contributed by atoms with E-state index in [0.717, 1.165) is 5.56 Å². The van der Waals surface area contributed by atoms with Gasteiger partial charge >= 0.3 is 6.18 Å². The molecule has 4 nitrogen and oxygen atoms in total. The van der Waals surface area contributed by atoms with Crippen LogP contribution in [0.3, 0.4) is 0 Å². The first kappa shape index (κ1) is 23.8. The van der Waals surface area contributed by atoms with Gasteiger partial charge in [-0.3, -0.25) is 9.59 Å². The smallest absolute Gasteiger partial charge is 0.352 e. The highest BCUT2D eigenvalue weighted by Crippen LogP contribution is 2.32. The fourth-order valence-electron chi connectivity index (χ4n) is 2.58. The van der Waals surface area contributed by atoms with Crippen molar-refractivity contribution in [1.29, 1.82) is 0 Å². The summed E-state index contributed by atoms with van der Waals surface area (Å²) in [6.07, 6.45) is -4.29. The number of para-hydroxylation sites is 1. The summed E-state index contributed by atoms with van der Waals surface area (Å²) in [4.78, 5) is 24.7. The van der Waals surface area contributed by atoms with Crippen molar-refractivity contribution >= 4 is 29.3 Å². The summed E-state index contributed by atoms with van der Waals surface area (Å²) in [6, 6.07) is 13.6. The zero-order valence-electron chi connectivity index (χ0n) is 17.1. The van der Waals surface area contributed by atoms with E-state index in [0.29, 0.717) is 27.9 Å². The van der Waals surface area contributed by atoms with Crippen molar-refractivity contribution in [3.63, 3.8) is 0 Å². The molecule has 0 bridgehead atoms. The zero-order valence-corrected chi connectivity index (χ0v) is 17.9. The minimum Gasteiger partial charge on any atom is -0.352 e. The zero-order chi connectivity index (χ0) is 22.4. The van der Waals surface area contributed by atoms with E-state index in [9.17, 15) is 22.8 Å². The van der Waals surface area contributed by atoms with Gasteiger partial charge in [0.1, 0.15) is 0 Å². The molecule has 0 heterocycles. The maximum atomic E-state index is 12.4. The summed E-state index contributed by atoms with van der Waals surface area (Å²) < 4.78 is 37.3. The largest absolute Gasteiger partial charge is 0.398 e. The molecule has 2 aromatic carbocycles. The maximum absolute atomic E-state index is 12.4. The van der Waals surface area contributed by atoms with Crippen LogP contribution in [0.4, 0.5) is 18.9 Å². The lowest BCUT2D eigenvalue weighted by Gasteiger charge is -2.19. The number of carbonyl (C=O) groups excluding carboxylic acids is 2. The van der Waals surface area contributed by atoms with Crippen LogP contribution in [0.1, 0.15) is 43.1 Å². The summed E-state index contributed by atoms with van der Waals surface area (Å²) in [7, 11) is 0. The number of halogens is 3. The number of hydrogen-bond donors (Lipinski definition) is 2. The Kier molecular flexibility index (Phi) is 7.95. The molecule has 30 heavy (non-hydrogen) atoms. The number of nitrogens with one attached hydrogen (secondary N) is 2. The average molecular weight is 439 g/mol. The van der Waals surface area contributed by atoms with Gasteiger partial charge in [0, 0.05) is 23.4 Å². The Morgan fingerprint density at radius 1 is 0.967 bits per heavy atom. The standard InChI is InChI=1S/C22H25F3N2O2S/c1-21(2,3)16-10-8-15(9-11-16)20(29)26-13-12-19(28)27-17-6-4-5-7-18(17)30-14-22(23,24)25/h4-11H,12-14H2,1-3H3,(H,26,29)(H,27,28). The number of benzene rings is 2. The van der Waals surface area contributed by atoms with Crippen LogP contribution in [0.2, 0.25) is 0 Å². The van der Waals surface area contributed by atoms with Gasteiger partial charge in [-0.25, -0.2) is 0 Å². The summed E-state index contributed by atoms with van der Waals surface area (Å²) in [6.45, 7) is 6.37. The minimum atomic E-state index is -4.29. The highest BCUT2D eigenvalue weighted by atomic mass is 32.2. The topological polar surface area (TPSA) is 58.2 Å². The number of carbonyl (C=O) groups is 2. The Morgan fingerprint density at radius 2 is 1.60 bits per heavy atom. The number of thioether (sulfide) groups is 1. The minimum absolute atomic E-state index is 0.00405. The van der Waals surface area contributed by atoms with Crippen molar-refractivity contribution in [2.75, 3.05) is 17.6 Å².